The monoisotopic (exact) mass is 295 g/mol. The van der Waals surface area contributed by atoms with Crippen LogP contribution in [0.15, 0.2) is 47.3 Å². The SMILES string of the molecule is O=c1cccc(C=Cc2ccc(C(F)(F)F)cc2)n1CO. The predicted molar refractivity (Wildman–Crippen MR) is 73.3 cm³/mol. The van der Waals surface area contributed by atoms with E-state index in [2.05, 4.69) is 0 Å². The number of nitrogens with zero attached hydrogens (tertiary/aromatic N) is 1. The summed E-state index contributed by atoms with van der Waals surface area (Å²) < 4.78 is 38.4. The first-order valence-electron chi connectivity index (χ1n) is 6.08. The second kappa shape index (κ2) is 5.97. The van der Waals surface area contributed by atoms with E-state index in [9.17, 15) is 18.0 Å². The molecule has 110 valence electrons. The lowest BCUT2D eigenvalue weighted by molar-refractivity contribution is -0.137. The maximum absolute atomic E-state index is 12.4. The standard InChI is InChI=1S/C15H12F3NO2/c16-15(17,18)12-7-4-11(5-8-12)6-9-13-2-1-3-14(21)19(13)10-20/h1-9,20H,10H2. The molecule has 3 nitrogen and oxygen atoms in total. The van der Waals surface area contributed by atoms with E-state index in [0.29, 0.717) is 11.3 Å². The Labute approximate surface area is 118 Å². The summed E-state index contributed by atoms with van der Waals surface area (Å²) in [4.78, 5) is 11.5. The molecule has 0 aliphatic rings. The summed E-state index contributed by atoms with van der Waals surface area (Å²) in [6.45, 7) is -0.466. The molecule has 0 amide bonds. The van der Waals surface area contributed by atoms with Crippen molar-refractivity contribution in [3.63, 3.8) is 0 Å². The molecule has 2 aromatic rings. The van der Waals surface area contributed by atoms with E-state index < -0.39 is 18.5 Å². The molecule has 1 N–H and O–H groups in total. The van der Waals surface area contributed by atoms with Crippen LogP contribution in [0.4, 0.5) is 13.2 Å². The highest BCUT2D eigenvalue weighted by Gasteiger charge is 2.29. The van der Waals surface area contributed by atoms with Gasteiger partial charge in [-0.3, -0.25) is 9.36 Å². The molecule has 0 aliphatic carbocycles. The Kier molecular flexibility index (Phi) is 4.28. The van der Waals surface area contributed by atoms with Gasteiger partial charge in [0.1, 0.15) is 6.73 Å². The van der Waals surface area contributed by atoms with Gasteiger partial charge in [0.25, 0.3) is 5.56 Å². The van der Waals surface area contributed by atoms with Crippen LogP contribution in [-0.2, 0) is 12.9 Å². The van der Waals surface area contributed by atoms with Crippen LogP contribution in [0.1, 0.15) is 16.8 Å². The Bertz CT molecular complexity index is 700. The van der Waals surface area contributed by atoms with Crippen molar-refractivity contribution in [2.45, 2.75) is 12.9 Å². The zero-order chi connectivity index (χ0) is 15.5. The number of alkyl halides is 3. The van der Waals surface area contributed by atoms with Crippen molar-refractivity contribution in [2.24, 2.45) is 0 Å². The lowest BCUT2D eigenvalue weighted by Gasteiger charge is -2.07. The minimum absolute atomic E-state index is 0.355. The van der Waals surface area contributed by atoms with Crippen molar-refractivity contribution in [3.8, 4) is 0 Å². The first-order valence-corrected chi connectivity index (χ1v) is 6.08. The minimum atomic E-state index is -4.36. The minimum Gasteiger partial charge on any atom is -0.376 e. The van der Waals surface area contributed by atoms with E-state index in [4.69, 9.17) is 5.11 Å². The van der Waals surface area contributed by atoms with E-state index in [1.807, 2.05) is 0 Å². The molecule has 0 radical (unpaired) electrons. The summed E-state index contributed by atoms with van der Waals surface area (Å²) in [7, 11) is 0. The van der Waals surface area contributed by atoms with Gasteiger partial charge in [-0.25, -0.2) is 0 Å². The van der Waals surface area contributed by atoms with E-state index in [-0.39, 0.29) is 5.56 Å². The molecule has 0 atom stereocenters. The van der Waals surface area contributed by atoms with Crippen molar-refractivity contribution in [3.05, 3.63) is 69.6 Å². The fraction of sp³-hybridized carbons (Fsp3) is 0.133. The third kappa shape index (κ3) is 3.61. The third-order valence-corrected chi connectivity index (χ3v) is 2.91. The fourth-order valence-electron chi connectivity index (χ4n) is 1.80. The van der Waals surface area contributed by atoms with Gasteiger partial charge < -0.3 is 5.11 Å². The number of hydrogen-bond acceptors (Lipinski definition) is 2. The second-order valence-corrected chi connectivity index (χ2v) is 4.31. The fourth-order valence-corrected chi connectivity index (χ4v) is 1.80. The number of benzene rings is 1. The van der Waals surface area contributed by atoms with Gasteiger partial charge in [-0.05, 0) is 29.8 Å². The van der Waals surface area contributed by atoms with Crippen LogP contribution in [0.2, 0.25) is 0 Å². The molecule has 21 heavy (non-hydrogen) atoms. The summed E-state index contributed by atoms with van der Waals surface area (Å²) in [5.74, 6) is 0. The zero-order valence-electron chi connectivity index (χ0n) is 10.8. The van der Waals surface area contributed by atoms with Gasteiger partial charge in [-0.2, -0.15) is 13.2 Å². The highest BCUT2D eigenvalue weighted by molar-refractivity contribution is 5.68. The molecule has 0 spiro atoms. The number of hydrogen-bond donors (Lipinski definition) is 1. The molecule has 0 bridgehead atoms. The molecule has 6 heteroatoms. The molecular weight excluding hydrogens is 283 g/mol. The molecular formula is C15H12F3NO2. The van der Waals surface area contributed by atoms with Crippen LogP contribution in [0.3, 0.4) is 0 Å². The number of pyridine rings is 1. The number of aliphatic hydroxyl groups excluding tert-OH is 1. The predicted octanol–water partition coefficient (Wildman–Crippen LogP) is 2.99. The van der Waals surface area contributed by atoms with Crippen LogP contribution in [0.5, 0.6) is 0 Å². The number of aliphatic hydroxyl groups is 1. The Balaban J connectivity index is 2.26. The van der Waals surface area contributed by atoms with Crippen molar-refractivity contribution >= 4 is 12.2 Å². The second-order valence-electron chi connectivity index (χ2n) is 4.31. The average Bonchev–Trinajstić information content (AvgIpc) is 2.44. The van der Waals surface area contributed by atoms with Crippen molar-refractivity contribution < 1.29 is 18.3 Å². The molecule has 0 aliphatic heterocycles. The normalized spacial score (nSPS) is 12.0. The van der Waals surface area contributed by atoms with Crippen LogP contribution >= 0.6 is 0 Å². The van der Waals surface area contributed by atoms with Gasteiger partial charge in [0.2, 0.25) is 0 Å². The number of halogens is 3. The van der Waals surface area contributed by atoms with E-state index in [0.717, 1.165) is 16.7 Å². The van der Waals surface area contributed by atoms with Crippen LogP contribution in [0, 0.1) is 0 Å². The molecule has 0 saturated carbocycles. The first-order chi connectivity index (χ1) is 9.91. The average molecular weight is 295 g/mol. The topological polar surface area (TPSA) is 42.2 Å². The molecule has 2 rings (SSSR count). The largest absolute Gasteiger partial charge is 0.416 e. The molecule has 1 heterocycles. The maximum atomic E-state index is 12.4. The molecule has 0 fully saturated rings. The molecule has 0 saturated heterocycles. The van der Waals surface area contributed by atoms with Gasteiger partial charge in [-0.15, -0.1) is 0 Å². The van der Waals surface area contributed by atoms with Crippen molar-refractivity contribution in [1.82, 2.24) is 4.57 Å². The molecule has 1 aromatic carbocycles. The summed E-state index contributed by atoms with van der Waals surface area (Å²) in [5.41, 5.74) is -0.0487. The van der Waals surface area contributed by atoms with Gasteiger partial charge in [0.05, 0.1) is 5.56 Å². The highest BCUT2D eigenvalue weighted by atomic mass is 19.4. The quantitative estimate of drug-likeness (QED) is 0.946. The van der Waals surface area contributed by atoms with Gasteiger partial charge in [-0.1, -0.05) is 24.3 Å². The summed E-state index contributed by atoms with van der Waals surface area (Å²) in [6.07, 6.45) is -1.24. The van der Waals surface area contributed by atoms with Gasteiger partial charge >= 0.3 is 6.18 Å². The summed E-state index contributed by atoms with van der Waals surface area (Å²) in [5, 5.41) is 9.13. The smallest absolute Gasteiger partial charge is 0.376 e. The first kappa shape index (κ1) is 15.1. The number of rotatable bonds is 3. The van der Waals surface area contributed by atoms with Crippen LogP contribution in [0.25, 0.3) is 12.2 Å². The Morgan fingerprint density at radius 1 is 1.05 bits per heavy atom. The van der Waals surface area contributed by atoms with Crippen molar-refractivity contribution in [1.29, 1.82) is 0 Å². The van der Waals surface area contributed by atoms with Crippen LogP contribution < -0.4 is 5.56 Å². The molecule has 0 unspecified atom stereocenters. The maximum Gasteiger partial charge on any atom is 0.416 e. The number of aromatic nitrogens is 1. The van der Waals surface area contributed by atoms with E-state index in [1.165, 1.54) is 18.2 Å². The Hall–Kier alpha value is -2.34. The highest BCUT2D eigenvalue weighted by Crippen LogP contribution is 2.29. The third-order valence-electron chi connectivity index (χ3n) is 2.91. The lowest BCUT2D eigenvalue weighted by atomic mass is 10.1. The van der Waals surface area contributed by atoms with E-state index >= 15 is 0 Å². The van der Waals surface area contributed by atoms with Gasteiger partial charge in [0, 0.05) is 11.8 Å². The van der Waals surface area contributed by atoms with E-state index in [1.54, 1.807) is 24.3 Å². The van der Waals surface area contributed by atoms with Gasteiger partial charge in [0.15, 0.2) is 0 Å². The van der Waals surface area contributed by atoms with Crippen LogP contribution in [-0.4, -0.2) is 9.67 Å². The summed E-state index contributed by atoms with van der Waals surface area (Å²) in [6, 6.07) is 9.13. The lowest BCUT2D eigenvalue weighted by Crippen LogP contribution is -2.20. The zero-order valence-corrected chi connectivity index (χ0v) is 10.8. The summed E-state index contributed by atoms with van der Waals surface area (Å²) >= 11 is 0. The molecule has 1 aromatic heterocycles. The Morgan fingerprint density at radius 2 is 1.71 bits per heavy atom. The van der Waals surface area contributed by atoms with Crippen molar-refractivity contribution in [2.75, 3.05) is 0 Å². The Morgan fingerprint density at radius 3 is 2.29 bits per heavy atom.